The lowest BCUT2D eigenvalue weighted by atomic mass is 10.1. The van der Waals surface area contributed by atoms with E-state index in [-0.39, 0.29) is 11.4 Å². The van der Waals surface area contributed by atoms with Crippen molar-refractivity contribution < 1.29 is 4.39 Å². The third-order valence-corrected chi connectivity index (χ3v) is 2.65. The molecule has 1 N–H and O–H groups in total. The van der Waals surface area contributed by atoms with Gasteiger partial charge in [0.1, 0.15) is 5.82 Å². The van der Waals surface area contributed by atoms with Gasteiger partial charge in [-0.05, 0) is 63.9 Å². The Morgan fingerprint density at radius 2 is 2.00 bits per heavy atom. The summed E-state index contributed by atoms with van der Waals surface area (Å²) in [6.07, 6.45) is 1.76. The molecule has 0 radical (unpaired) electrons. The third-order valence-electron chi connectivity index (χ3n) is 2.29. The lowest BCUT2D eigenvalue weighted by Crippen LogP contribution is -2.36. The SMILES string of the molecule is CC(C)(C)NCCCc1cc(F)ccc1Cl. The zero-order valence-electron chi connectivity index (χ0n) is 10.1. The molecule has 0 unspecified atom stereocenters. The van der Waals surface area contributed by atoms with Crippen molar-refractivity contribution in [1.82, 2.24) is 5.32 Å². The Bertz CT molecular complexity index is 344. The van der Waals surface area contributed by atoms with Crippen LogP contribution in [0.4, 0.5) is 4.39 Å². The van der Waals surface area contributed by atoms with Gasteiger partial charge in [0.25, 0.3) is 0 Å². The van der Waals surface area contributed by atoms with Crippen LogP contribution in [0.3, 0.4) is 0 Å². The van der Waals surface area contributed by atoms with Crippen molar-refractivity contribution in [3.05, 3.63) is 34.6 Å². The summed E-state index contributed by atoms with van der Waals surface area (Å²) >= 11 is 5.98. The fourth-order valence-corrected chi connectivity index (χ4v) is 1.69. The minimum absolute atomic E-state index is 0.131. The summed E-state index contributed by atoms with van der Waals surface area (Å²) in [6.45, 7) is 7.29. The van der Waals surface area contributed by atoms with Crippen molar-refractivity contribution in [2.45, 2.75) is 39.2 Å². The third kappa shape index (κ3) is 4.95. The summed E-state index contributed by atoms with van der Waals surface area (Å²) in [6, 6.07) is 4.52. The Labute approximate surface area is 102 Å². The van der Waals surface area contributed by atoms with Crippen LogP contribution < -0.4 is 5.32 Å². The van der Waals surface area contributed by atoms with Crippen LogP contribution >= 0.6 is 11.6 Å². The molecule has 0 heterocycles. The predicted octanol–water partition coefficient (Wildman–Crippen LogP) is 3.80. The summed E-state index contributed by atoms with van der Waals surface area (Å²) in [5.74, 6) is -0.219. The first-order valence-electron chi connectivity index (χ1n) is 5.57. The highest BCUT2D eigenvalue weighted by atomic mass is 35.5. The molecule has 1 aromatic rings. The molecule has 0 amide bonds. The maximum Gasteiger partial charge on any atom is 0.123 e. The van der Waals surface area contributed by atoms with Crippen LogP contribution in [0.15, 0.2) is 18.2 Å². The van der Waals surface area contributed by atoms with E-state index in [1.165, 1.54) is 12.1 Å². The zero-order valence-corrected chi connectivity index (χ0v) is 10.9. The van der Waals surface area contributed by atoms with Gasteiger partial charge >= 0.3 is 0 Å². The summed E-state index contributed by atoms with van der Waals surface area (Å²) < 4.78 is 13.0. The van der Waals surface area contributed by atoms with Gasteiger partial charge < -0.3 is 5.32 Å². The van der Waals surface area contributed by atoms with Crippen LogP contribution in [0.1, 0.15) is 32.8 Å². The zero-order chi connectivity index (χ0) is 12.2. The molecular weight excluding hydrogens is 225 g/mol. The standard InChI is InChI=1S/C13H19ClFN/c1-13(2,3)16-8-4-5-10-9-11(15)6-7-12(10)14/h6-7,9,16H,4-5,8H2,1-3H3. The van der Waals surface area contributed by atoms with E-state index in [9.17, 15) is 4.39 Å². The van der Waals surface area contributed by atoms with Gasteiger partial charge in [0.15, 0.2) is 0 Å². The fraction of sp³-hybridized carbons (Fsp3) is 0.538. The predicted molar refractivity (Wildman–Crippen MR) is 67.5 cm³/mol. The van der Waals surface area contributed by atoms with Gasteiger partial charge in [0, 0.05) is 10.6 Å². The maximum absolute atomic E-state index is 13.0. The number of hydrogen-bond donors (Lipinski definition) is 1. The number of nitrogens with one attached hydrogen (secondary N) is 1. The average molecular weight is 244 g/mol. The van der Waals surface area contributed by atoms with Gasteiger partial charge in [0.2, 0.25) is 0 Å². The van der Waals surface area contributed by atoms with Crippen LogP contribution in [-0.4, -0.2) is 12.1 Å². The molecule has 0 aliphatic carbocycles. The van der Waals surface area contributed by atoms with E-state index in [4.69, 9.17) is 11.6 Å². The van der Waals surface area contributed by atoms with Crippen LogP contribution in [-0.2, 0) is 6.42 Å². The molecule has 1 nitrogen and oxygen atoms in total. The molecule has 0 saturated heterocycles. The summed E-state index contributed by atoms with van der Waals surface area (Å²) in [7, 11) is 0. The highest BCUT2D eigenvalue weighted by molar-refractivity contribution is 6.31. The molecule has 0 atom stereocenters. The van der Waals surface area contributed by atoms with Crippen molar-refractivity contribution in [2.75, 3.05) is 6.54 Å². The Kier molecular flexibility index (Phi) is 4.75. The highest BCUT2D eigenvalue weighted by Gasteiger charge is 2.08. The van der Waals surface area contributed by atoms with Crippen LogP contribution in [0.2, 0.25) is 5.02 Å². The fourth-order valence-electron chi connectivity index (χ4n) is 1.48. The largest absolute Gasteiger partial charge is 0.312 e. The number of rotatable bonds is 4. The lowest BCUT2D eigenvalue weighted by molar-refractivity contribution is 0.422. The van der Waals surface area contributed by atoms with E-state index in [0.717, 1.165) is 24.9 Å². The molecule has 0 saturated carbocycles. The van der Waals surface area contributed by atoms with Gasteiger partial charge in [-0.1, -0.05) is 11.6 Å². The van der Waals surface area contributed by atoms with Crippen molar-refractivity contribution in [3.63, 3.8) is 0 Å². The van der Waals surface area contributed by atoms with E-state index >= 15 is 0 Å². The minimum Gasteiger partial charge on any atom is -0.312 e. The molecule has 1 rings (SSSR count). The molecule has 0 bridgehead atoms. The summed E-state index contributed by atoms with van der Waals surface area (Å²) in [5.41, 5.74) is 1.02. The first kappa shape index (κ1) is 13.5. The molecule has 3 heteroatoms. The van der Waals surface area contributed by atoms with Crippen LogP contribution in [0, 0.1) is 5.82 Å². The van der Waals surface area contributed by atoms with Crippen LogP contribution in [0.5, 0.6) is 0 Å². The second kappa shape index (κ2) is 5.65. The van der Waals surface area contributed by atoms with E-state index < -0.39 is 0 Å². The molecule has 0 fully saturated rings. The highest BCUT2D eigenvalue weighted by Crippen LogP contribution is 2.18. The van der Waals surface area contributed by atoms with Gasteiger partial charge in [0.05, 0.1) is 0 Å². The molecular formula is C13H19ClFN. The Morgan fingerprint density at radius 3 is 2.62 bits per heavy atom. The number of benzene rings is 1. The van der Waals surface area contributed by atoms with E-state index in [1.807, 2.05) is 0 Å². The molecule has 0 spiro atoms. The lowest BCUT2D eigenvalue weighted by Gasteiger charge is -2.20. The van der Waals surface area contributed by atoms with Crippen molar-refractivity contribution in [1.29, 1.82) is 0 Å². The van der Waals surface area contributed by atoms with Gasteiger partial charge in [-0.15, -0.1) is 0 Å². The Morgan fingerprint density at radius 1 is 1.31 bits per heavy atom. The van der Waals surface area contributed by atoms with E-state index in [0.29, 0.717) is 5.02 Å². The molecule has 90 valence electrons. The number of hydrogen-bond acceptors (Lipinski definition) is 1. The molecule has 16 heavy (non-hydrogen) atoms. The normalized spacial score (nSPS) is 11.8. The number of halogens is 2. The number of aryl methyl sites for hydroxylation is 1. The quantitative estimate of drug-likeness (QED) is 0.794. The molecule has 0 aliphatic heterocycles. The van der Waals surface area contributed by atoms with Gasteiger partial charge in [-0.3, -0.25) is 0 Å². The second-order valence-corrected chi connectivity index (χ2v) is 5.42. The maximum atomic E-state index is 13.0. The molecule has 0 aliphatic rings. The first-order valence-corrected chi connectivity index (χ1v) is 5.95. The summed E-state index contributed by atoms with van der Waals surface area (Å²) in [5, 5.41) is 4.04. The van der Waals surface area contributed by atoms with Crippen LogP contribution in [0.25, 0.3) is 0 Å². The van der Waals surface area contributed by atoms with E-state index in [2.05, 4.69) is 26.1 Å². The monoisotopic (exact) mass is 243 g/mol. The topological polar surface area (TPSA) is 12.0 Å². The van der Waals surface area contributed by atoms with Gasteiger partial charge in [-0.25, -0.2) is 4.39 Å². The first-order chi connectivity index (χ1) is 7.38. The van der Waals surface area contributed by atoms with Crippen molar-refractivity contribution in [2.24, 2.45) is 0 Å². The average Bonchev–Trinajstić information content (AvgIpc) is 2.16. The molecule has 0 aromatic heterocycles. The van der Waals surface area contributed by atoms with E-state index in [1.54, 1.807) is 6.07 Å². The van der Waals surface area contributed by atoms with Crippen molar-refractivity contribution >= 4 is 11.6 Å². The van der Waals surface area contributed by atoms with Gasteiger partial charge in [-0.2, -0.15) is 0 Å². The summed E-state index contributed by atoms with van der Waals surface area (Å²) in [4.78, 5) is 0. The minimum atomic E-state index is -0.219. The second-order valence-electron chi connectivity index (χ2n) is 5.02. The Hall–Kier alpha value is -0.600. The molecule has 1 aromatic carbocycles. The Balaban J connectivity index is 2.40. The smallest absolute Gasteiger partial charge is 0.123 e. The van der Waals surface area contributed by atoms with Crippen molar-refractivity contribution in [3.8, 4) is 0 Å².